The highest BCUT2D eigenvalue weighted by atomic mass is 16.4. The summed E-state index contributed by atoms with van der Waals surface area (Å²) in [6.07, 6.45) is 0.739. The molecule has 0 radical (unpaired) electrons. The van der Waals surface area contributed by atoms with Crippen LogP contribution >= 0.6 is 0 Å². The molecule has 4 N–H and O–H groups in total. The molecule has 0 saturated heterocycles. The number of carbonyl (C=O) groups is 2. The fourth-order valence-electron chi connectivity index (χ4n) is 1.83. The maximum Gasteiger partial charge on any atom is 0.254 e. The average molecular weight is 292 g/mol. The number of amidine groups is 1. The number of nitrogens with one attached hydrogen (secondary N) is 1. The highest BCUT2D eigenvalue weighted by molar-refractivity contribution is 6.01. The molecule has 0 unspecified atom stereocenters. The molecule has 21 heavy (non-hydrogen) atoms. The maximum atomic E-state index is 12.5. The van der Waals surface area contributed by atoms with Crippen LogP contribution in [0.3, 0.4) is 0 Å². The first-order valence-electron chi connectivity index (χ1n) is 6.61. The molecule has 0 fully saturated rings. The standard InChI is InChI=1S/C14H20N4O3/c1-3-7-18(9-12(19)16-2)14(20)11-6-4-5-10(8-11)13(15)17-21/h4-6,8,21H,3,7,9H2,1-2H3,(H2,15,17)(H,16,19). The Balaban J connectivity index is 3.00. The zero-order chi connectivity index (χ0) is 15.8. The van der Waals surface area contributed by atoms with Crippen molar-refractivity contribution in [1.82, 2.24) is 10.2 Å². The average Bonchev–Trinajstić information content (AvgIpc) is 2.52. The molecule has 0 aliphatic rings. The van der Waals surface area contributed by atoms with Crippen molar-refractivity contribution in [2.24, 2.45) is 10.9 Å². The second-order valence-corrected chi connectivity index (χ2v) is 4.47. The van der Waals surface area contributed by atoms with E-state index in [1.165, 1.54) is 18.0 Å². The van der Waals surface area contributed by atoms with Crippen LogP contribution in [0.1, 0.15) is 29.3 Å². The second-order valence-electron chi connectivity index (χ2n) is 4.47. The molecule has 114 valence electrons. The molecule has 1 rings (SSSR count). The third-order valence-corrected chi connectivity index (χ3v) is 2.91. The van der Waals surface area contributed by atoms with Gasteiger partial charge in [0.1, 0.15) is 0 Å². The summed E-state index contributed by atoms with van der Waals surface area (Å²) in [5.74, 6) is -0.574. The van der Waals surface area contributed by atoms with Gasteiger partial charge in [-0.25, -0.2) is 0 Å². The van der Waals surface area contributed by atoms with Crippen LogP contribution in [-0.4, -0.2) is 47.9 Å². The van der Waals surface area contributed by atoms with E-state index < -0.39 is 0 Å². The lowest BCUT2D eigenvalue weighted by Gasteiger charge is -2.21. The molecular weight excluding hydrogens is 272 g/mol. The predicted octanol–water partition coefficient (Wildman–Crippen LogP) is 0.379. The quantitative estimate of drug-likeness (QED) is 0.305. The van der Waals surface area contributed by atoms with E-state index in [2.05, 4.69) is 10.5 Å². The van der Waals surface area contributed by atoms with Crippen molar-refractivity contribution in [3.63, 3.8) is 0 Å². The van der Waals surface area contributed by atoms with E-state index in [0.717, 1.165) is 6.42 Å². The smallest absolute Gasteiger partial charge is 0.254 e. The van der Waals surface area contributed by atoms with Crippen LogP contribution < -0.4 is 11.1 Å². The van der Waals surface area contributed by atoms with Crippen LogP contribution in [0.15, 0.2) is 29.4 Å². The van der Waals surface area contributed by atoms with E-state index in [1.807, 2.05) is 6.92 Å². The molecule has 7 nitrogen and oxygen atoms in total. The van der Waals surface area contributed by atoms with Crippen molar-refractivity contribution in [3.05, 3.63) is 35.4 Å². The van der Waals surface area contributed by atoms with Gasteiger partial charge >= 0.3 is 0 Å². The van der Waals surface area contributed by atoms with Gasteiger partial charge in [0.05, 0.1) is 6.54 Å². The number of amides is 2. The highest BCUT2D eigenvalue weighted by Gasteiger charge is 2.18. The number of nitrogens with two attached hydrogens (primary N) is 1. The fourth-order valence-corrected chi connectivity index (χ4v) is 1.83. The molecule has 7 heteroatoms. The molecule has 0 spiro atoms. The Bertz CT molecular complexity index is 543. The summed E-state index contributed by atoms with van der Waals surface area (Å²) in [6, 6.07) is 6.44. The van der Waals surface area contributed by atoms with Crippen LogP contribution in [0.5, 0.6) is 0 Å². The molecule has 0 aliphatic carbocycles. The van der Waals surface area contributed by atoms with Gasteiger partial charge in [-0.1, -0.05) is 24.2 Å². The molecule has 0 saturated carbocycles. The van der Waals surface area contributed by atoms with Crippen molar-refractivity contribution in [2.75, 3.05) is 20.1 Å². The van der Waals surface area contributed by atoms with Crippen LogP contribution in [0, 0.1) is 0 Å². The van der Waals surface area contributed by atoms with Gasteiger partial charge in [0, 0.05) is 24.7 Å². The predicted molar refractivity (Wildman–Crippen MR) is 79.2 cm³/mol. The molecule has 1 aromatic carbocycles. The third kappa shape index (κ3) is 4.48. The third-order valence-electron chi connectivity index (χ3n) is 2.91. The molecule has 0 heterocycles. The summed E-state index contributed by atoms with van der Waals surface area (Å²) >= 11 is 0. The van der Waals surface area contributed by atoms with Crippen LogP contribution in [0.25, 0.3) is 0 Å². The summed E-state index contributed by atoms with van der Waals surface area (Å²) < 4.78 is 0. The topological polar surface area (TPSA) is 108 Å². The minimum atomic E-state index is -0.270. The van der Waals surface area contributed by atoms with Gasteiger partial charge < -0.3 is 21.2 Å². The van der Waals surface area contributed by atoms with E-state index in [1.54, 1.807) is 18.2 Å². The number of hydrogen-bond donors (Lipinski definition) is 3. The van der Waals surface area contributed by atoms with Gasteiger partial charge in [0.15, 0.2) is 5.84 Å². The largest absolute Gasteiger partial charge is 0.409 e. The lowest BCUT2D eigenvalue weighted by molar-refractivity contribution is -0.121. The number of hydrogen-bond acceptors (Lipinski definition) is 4. The lowest BCUT2D eigenvalue weighted by Crippen LogP contribution is -2.40. The van der Waals surface area contributed by atoms with Crippen molar-refractivity contribution in [2.45, 2.75) is 13.3 Å². The summed E-state index contributed by atoms with van der Waals surface area (Å²) in [6.45, 7) is 2.40. The first-order valence-corrected chi connectivity index (χ1v) is 6.61. The highest BCUT2D eigenvalue weighted by Crippen LogP contribution is 2.09. The van der Waals surface area contributed by atoms with Gasteiger partial charge in [-0.3, -0.25) is 9.59 Å². The van der Waals surface area contributed by atoms with E-state index in [-0.39, 0.29) is 24.2 Å². The first-order chi connectivity index (χ1) is 10.0. The van der Waals surface area contributed by atoms with Crippen molar-refractivity contribution >= 4 is 17.6 Å². The number of nitrogens with zero attached hydrogens (tertiary/aromatic N) is 2. The molecule has 0 atom stereocenters. The van der Waals surface area contributed by atoms with E-state index in [0.29, 0.717) is 17.7 Å². The second kappa shape index (κ2) is 7.88. The van der Waals surface area contributed by atoms with Gasteiger partial charge in [0.2, 0.25) is 5.91 Å². The summed E-state index contributed by atoms with van der Waals surface area (Å²) in [5, 5.41) is 14.1. The Labute approximate surface area is 123 Å². The molecule has 0 aromatic heterocycles. The molecule has 0 aliphatic heterocycles. The van der Waals surface area contributed by atoms with E-state index in [4.69, 9.17) is 10.9 Å². The minimum Gasteiger partial charge on any atom is -0.409 e. The molecular formula is C14H20N4O3. The summed E-state index contributed by atoms with van der Waals surface area (Å²) in [7, 11) is 1.52. The van der Waals surface area contributed by atoms with Gasteiger partial charge in [-0.15, -0.1) is 0 Å². The lowest BCUT2D eigenvalue weighted by atomic mass is 10.1. The Morgan fingerprint density at radius 3 is 2.62 bits per heavy atom. The monoisotopic (exact) mass is 292 g/mol. The Morgan fingerprint density at radius 2 is 2.05 bits per heavy atom. The number of benzene rings is 1. The Kier molecular flexibility index (Phi) is 6.19. The van der Waals surface area contributed by atoms with Crippen LogP contribution in [0.2, 0.25) is 0 Å². The maximum absolute atomic E-state index is 12.5. The van der Waals surface area contributed by atoms with Gasteiger partial charge in [-0.2, -0.15) is 0 Å². The fraction of sp³-hybridized carbons (Fsp3) is 0.357. The van der Waals surface area contributed by atoms with Crippen molar-refractivity contribution < 1.29 is 14.8 Å². The number of rotatable bonds is 6. The number of likely N-dealkylation sites (N-methyl/N-ethyl adjacent to an activating group) is 1. The van der Waals surface area contributed by atoms with Gasteiger partial charge in [-0.05, 0) is 18.6 Å². The number of oxime groups is 1. The van der Waals surface area contributed by atoms with E-state index >= 15 is 0 Å². The Morgan fingerprint density at radius 1 is 1.38 bits per heavy atom. The summed E-state index contributed by atoms with van der Waals surface area (Å²) in [5.41, 5.74) is 6.34. The molecule has 2 amide bonds. The van der Waals surface area contributed by atoms with Gasteiger partial charge in [0.25, 0.3) is 5.91 Å². The minimum absolute atomic E-state index is 0.00300. The normalized spacial score (nSPS) is 11.0. The zero-order valence-electron chi connectivity index (χ0n) is 12.2. The first kappa shape index (κ1) is 16.5. The molecule has 1 aromatic rings. The number of carbonyl (C=O) groups excluding carboxylic acids is 2. The van der Waals surface area contributed by atoms with Crippen LogP contribution in [0.4, 0.5) is 0 Å². The van der Waals surface area contributed by atoms with Crippen LogP contribution in [-0.2, 0) is 4.79 Å². The zero-order valence-corrected chi connectivity index (χ0v) is 12.2. The van der Waals surface area contributed by atoms with Crippen molar-refractivity contribution in [3.8, 4) is 0 Å². The molecule has 0 bridgehead atoms. The van der Waals surface area contributed by atoms with Crippen molar-refractivity contribution in [1.29, 1.82) is 0 Å². The summed E-state index contributed by atoms with van der Waals surface area (Å²) in [4.78, 5) is 25.4. The van der Waals surface area contributed by atoms with E-state index in [9.17, 15) is 9.59 Å². The SMILES string of the molecule is CCCN(CC(=O)NC)C(=O)c1cccc(C(N)=NO)c1. The Hall–Kier alpha value is -2.57.